The van der Waals surface area contributed by atoms with E-state index in [1.165, 1.54) is 42.6 Å². The highest BCUT2D eigenvalue weighted by Crippen LogP contribution is 2.31. The maximum Gasteiger partial charge on any atom is 0.573 e. The maximum atomic E-state index is 12.9. The molecule has 3 aromatic rings. The molecule has 1 amide bonds. The van der Waals surface area contributed by atoms with E-state index < -0.39 is 29.8 Å². The first kappa shape index (κ1) is 21.9. The molecule has 0 fully saturated rings. The van der Waals surface area contributed by atoms with Crippen molar-refractivity contribution in [2.24, 2.45) is 0 Å². The van der Waals surface area contributed by atoms with Crippen molar-refractivity contribution in [3.8, 4) is 5.75 Å². The monoisotopic (exact) mass is 441 g/mol. The lowest BCUT2D eigenvalue weighted by molar-refractivity contribution is -0.274. The lowest BCUT2D eigenvalue weighted by Crippen LogP contribution is -2.17. The number of carbonyl (C=O) groups is 1. The van der Waals surface area contributed by atoms with Crippen LogP contribution in [0.15, 0.2) is 66.9 Å². The Balaban J connectivity index is 1.76. The Kier molecular flexibility index (Phi) is 6.04. The third-order valence-electron chi connectivity index (χ3n) is 3.85. The Morgan fingerprint density at radius 1 is 0.871 bits per heavy atom. The number of halogens is 6. The van der Waals surface area contributed by atoms with Crippen molar-refractivity contribution in [1.82, 2.24) is 4.98 Å². The number of rotatable bonds is 5. The van der Waals surface area contributed by atoms with Crippen molar-refractivity contribution < 1.29 is 35.9 Å². The quantitative estimate of drug-likeness (QED) is 0.477. The summed E-state index contributed by atoms with van der Waals surface area (Å²) in [7, 11) is 0. The van der Waals surface area contributed by atoms with E-state index in [0.29, 0.717) is 0 Å². The number of anilines is 3. The first-order chi connectivity index (χ1) is 14.5. The average molecular weight is 441 g/mol. The smallest absolute Gasteiger partial charge is 0.406 e. The lowest BCUT2D eigenvalue weighted by atomic mass is 10.1. The van der Waals surface area contributed by atoms with Crippen LogP contribution in [-0.4, -0.2) is 17.3 Å². The molecular formula is C20H13F6N3O2. The van der Waals surface area contributed by atoms with Gasteiger partial charge in [-0.25, -0.2) is 4.98 Å². The van der Waals surface area contributed by atoms with Gasteiger partial charge >= 0.3 is 12.5 Å². The minimum absolute atomic E-state index is 0.00338. The summed E-state index contributed by atoms with van der Waals surface area (Å²) in [6.45, 7) is 0. The summed E-state index contributed by atoms with van der Waals surface area (Å²) in [5.41, 5.74) is -0.624. The van der Waals surface area contributed by atoms with E-state index in [0.717, 1.165) is 24.3 Å². The van der Waals surface area contributed by atoms with Crippen LogP contribution in [0.25, 0.3) is 0 Å². The number of aromatic nitrogens is 1. The first-order valence-corrected chi connectivity index (χ1v) is 8.58. The standard InChI is InChI=1S/C20H13F6N3O2/c21-19(22,23)12-3-1-4-14(11-12)28-17-16(5-2-10-27-17)18(30)29-13-6-8-15(9-7-13)31-20(24,25)26/h1-11H,(H,27,28)(H,29,30). The topological polar surface area (TPSA) is 63.2 Å². The summed E-state index contributed by atoms with van der Waals surface area (Å²) in [5.74, 6) is -1.14. The highest BCUT2D eigenvalue weighted by atomic mass is 19.4. The molecule has 0 bridgehead atoms. The predicted octanol–water partition coefficient (Wildman–Crippen LogP) is 5.99. The van der Waals surface area contributed by atoms with Crippen LogP contribution in [0.1, 0.15) is 15.9 Å². The van der Waals surface area contributed by atoms with Crippen LogP contribution in [0.4, 0.5) is 43.5 Å². The predicted molar refractivity (Wildman–Crippen MR) is 100 cm³/mol. The van der Waals surface area contributed by atoms with Gasteiger partial charge in [0.15, 0.2) is 0 Å². The van der Waals surface area contributed by atoms with Crippen molar-refractivity contribution >= 4 is 23.1 Å². The number of hydrogen-bond acceptors (Lipinski definition) is 4. The molecule has 3 rings (SSSR count). The molecule has 0 radical (unpaired) electrons. The Labute approximate surface area is 171 Å². The molecule has 31 heavy (non-hydrogen) atoms. The molecule has 2 aromatic carbocycles. The van der Waals surface area contributed by atoms with Gasteiger partial charge in [0, 0.05) is 17.6 Å². The Hall–Kier alpha value is -3.76. The number of benzene rings is 2. The van der Waals surface area contributed by atoms with Gasteiger partial charge in [-0.3, -0.25) is 4.79 Å². The third-order valence-corrected chi connectivity index (χ3v) is 3.85. The molecule has 0 saturated heterocycles. The highest BCUT2D eigenvalue weighted by molar-refractivity contribution is 6.07. The van der Waals surface area contributed by atoms with Crippen LogP contribution in [0.2, 0.25) is 0 Å². The lowest BCUT2D eigenvalue weighted by Gasteiger charge is -2.13. The molecule has 2 N–H and O–H groups in total. The fraction of sp³-hybridized carbons (Fsp3) is 0.100. The van der Waals surface area contributed by atoms with E-state index in [4.69, 9.17) is 0 Å². The molecule has 0 aliphatic heterocycles. The van der Waals surface area contributed by atoms with Gasteiger partial charge in [0.05, 0.1) is 11.1 Å². The summed E-state index contributed by atoms with van der Waals surface area (Å²) in [5, 5.41) is 5.14. The molecule has 0 saturated carbocycles. The van der Waals surface area contributed by atoms with Gasteiger partial charge < -0.3 is 15.4 Å². The van der Waals surface area contributed by atoms with E-state index in [9.17, 15) is 31.1 Å². The second-order valence-electron chi connectivity index (χ2n) is 6.13. The van der Waals surface area contributed by atoms with Gasteiger partial charge in [-0.15, -0.1) is 13.2 Å². The fourth-order valence-corrected chi connectivity index (χ4v) is 2.54. The van der Waals surface area contributed by atoms with E-state index in [2.05, 4.69) is 20.4 Å². The first-order valence-electron chi connectivity index (χ1n) is 8.58. The second kappa shape index (κ2) is 8.54. The molecule has 0 aliphatic rings. The van der Waals surface area contributed by atoms with E-state index in [1.54, 1.807) is 0 Å². The minimum Gasteiger partial charge on any atom is -0.406 e. The van der Waals surface area contributed by atoms with E-state index in [-0.39, 0.29) is 22.8 Å². The molecule has 0 aliphatic carbocycles. The Morgan fingerprint density at radius 2 is 1.58 bits per heavy atom. The molecule has 162 valence electrons. The van der Waals surface area contributed by atoms with E-state index in [1.807, 2.05) is 0 Å². The molecule has 0 unspecified atom stereocenters. The summed E-state index contributed by atoms with van der Waals surface area (Å²) < 4.78 is 79.1. The van der Waals surface area contributed by atoms with Crippen LogP contribution < -0.4 is 15.4 Å². The summed E-state index contributed by atoms with van der Waals surface area (Å²) in [6, 6.07) is 11.7. The summed E-state index contributed by atoms with van der Waals surface area (Å²) >= 11 is 0. The molecule has 0 spiro atoms. The Bertz CT molecular complexity index is 1070. The molecule has 1 heterocycles. The zero-order valence-corrected chi connectivity index (χ0v) is 15.4. The van der Waals surface area contributed by atoms with Crippen LogP contribution in [0.3, 0.4) is 0 Å². The number of nitrogens with one attached hydrogen (secondary N) is 2. The Morgan fingerprint density at radius 3 is 2.23 bits per heavy atom. The van der Waals surface area contributed by atoms with Crippen molar-refractivity contribution in [1.29, 1.82) is 0 Å². The largest absolute Gasteiger partial charge is 0.573 e. The number of ether oxygens (including phenoxy) is 1. The molecule has 0 atom stereocenters. The summed E-state index contributed by atoms with van der Waals surface area (Å²) in [4.78, 5) is 16.6. The van der Waals surface area contributed by atoms with Gasteiger partial charge in [0.1, 0.15) is 11.6 Å². The van der Waals surface area contributed by atoms with E-state index >= 15 is 0 Å². The van der Waals surface area contributed by atoms with Crippen molar-refractivity contribution in [2.75, 3.05) is 10.6 Å². The maximum absolute atomic E-state index is 12.9. The number of amides is 1. The molecule has 11 heteroatoms. The van der Waals surface area contributed by atoms with Gasteiger partial charge in [-0.2, -0.15) is 13.2 Å². The minimum atomic E-state index is -4.84. The van der Waals surface area contributed by atoms with Crippen molar-refractivity contribution in [3.05, 3.63) is 78.0 Å². The number of carbonyl (C=O) groups excluding carboxylic acids is 1. The normalized spacial score (nSPS) is 11.7. The molecular weight excluding hydrogens is 428 g/mol. The van der Waals surface area contributed by atoms with Crippen LogP contribution in [-0.2, 0) is 6.18 Å². The second-order valence-corrected chi connectivity index (χ2v) is 6.13. The average Bonchev–Trinajstić information content (AvgIpc) is 2.68. The molecule has 5 nitrogen and oxygen atoms in total. The van der Waals surface area contributed by atoms with Crippen LogP contribution >= 0.6 is 0 Å². The fourth-order valence-electron chi connectivity index (χ4n) is 2.54. The van der Waals surface area contributed by atoms with Gasteiger partial charge in [-0.05, 0) is 54.6 Å². The number of hydrogen-bond donors (Lipinski definition) is 2. The summed E-state index contributed by atoms with van der Waals surface area (Å²) in [6.07, 6.45) is -8.04. The number of alkyl halides is 6. The van der Waals surface area contributed by atoms with Gasteiger partial charge in [0.2, 0.25) is 0 Å². The molecule has 1 aromatic heterocycles. The zero-order chi connectivity index (χ0) is 22.6. The highest BCUT2D eigenvalue weighted by Gasteiger charge is 2.31. The van der Waals surface area contributed by atoms with Crippen molar-refractivity contribution in [2.45, 2.75) is 12.5 Å². The van der Waals surface area contributed by atoms with Crippen LogP contribution in [0, 0.1) is 0 Å². The third kappa shape index (κ3) is 6.11. The van der Waals surface area contributed by atoms with Gasteiger partial charge in [-0.1, -0.05) is 6.07 Å². The number of nitrogens with zero attached hydrogens (tertiary/aromatic N) is 1. The zero-order valence-electron chi connectivity index (χ0n) is 15.4. The van der Waals surface area contributed by atoms with Crippen molar-refractivity contribution in [3.63, 3.8) is 0 Å². The van der Waals surface area contributed by atoms with Gasteiger partial charge in [0.25, 0.3) is 5.91 Å². The SMILES string of the molecule is O=C(Nc1ccc(OC(F)(F)F)cc1)c1cccnc1Nc1cccc(C(F)(F)F)c1. The van der Waals surface area contributed by atoms with Crippen LogP contribution in [0.5, 0.6) is 5.75 Å². The number of pyridine rings is 1.